The van der Waals surface area contributed by atoms with E-state index in [9.17, 15) is 9.59 Å². The average Bonchev–Trinajstić information content (AvgIpc) is 2.47. The highest BCUT2D eigenvalue weighted by atomic mass is 16.7. The second-order valence-corrected chi connectivity index (χ2v) is 5.18. The fraction of sp³-hybridized carbons (Fsp3) is 0.500. The van der Waals surface area contributed by atoms with Gasteiger partial charge in [0, 0.05) is 6.54 Å². The van der Waals surface area contributed by atoms with E-state index in [1.165, 1.54) is 0 Å². The van der Waals surface area contributed by atoms with Crippen molar-refractivity contribution in [3.63, 3.8) is 0 Å². The van der Waals surface area contributed by atoms with Crippen LogP contribution in [-0.4, -0.2) is 38.0 Å². The summed E-state index contributed by atoms with van der Waals surface area (Å²) < 4.78 is 15.1. The van der Waals surface area contributed by atoms with E-state index in [0.29, 0.717) is 6.61 Å². The van der Waals surface area contributed by atoms with Gasteiger partial charge >= 0.3 is 12.1 Å². The summed E-state index contributed by atoms with van der Waals surface area (Å²) in [5, 5.41) is 2.59. The van der Waals surface area contributed by atoms with Crippen LogP contribution in [0.15, 0.2) is 18.2 Å². The molecule has 1 aromatic carbocycles. The average molecular weight is 324 g/mol. The molecule has 1 unspecified atom stereocenters. The second-order valence-electron chi connectivity index (χ2n) is 5.18. The van der Waals surface area contributed by atoms with Gasteiger partial charge in [0.05, 0.1) is 12.5 Å². The molecule has 23 heavy (non-hydrogen) atoms. The number of amides is 1. The Bertz CT molecular complexity index is 513. The van der Waals surface area contributed by atoms with Crippen LogP contribution in [0.25, 0.3) is 0 Å². The van der Waals surface area contributed by atoms with Crippen LogP contribution in [0, 0.1) is 13.8 Å². The van der Waals surface area contributed by atoms with Crippen molar-refractivity contribution in [3.8, 4) is 5.75 Å². The van der Waals surface area contributed by atoms with Crippen LogP contribution in [0.1, 0.15) is 24.5 Å². The SMILES string of the molecule is Cc1cccc(C)c1OCC(C)NC(=O)OCOC(=O)CCN. The molecule has 0 aliphatic rings. The molecule has 0 aliphatic carbocycles. The Morgan fingerprint density at radius 2 is 1.87 bits per heavy atom. The van der Waals surface area contributed by atoms with Crippen molar-refractivity contribution in [2.24, 2.45) is 5.73 Å². The molecule has 3 N–H and O–H groups in total. The lowest BCUT2D eigenvalue weighted by Crippen LogP contribution is -2.37. The predicted molar refractivity (Wildman–Crippen MR) is 85.1 cm³/mol. The van der Waals surface area contributed by atoms with Crippen LogP contribution in [0.4, 0.5) is 4.79 Å². The fourth-order valence-corrected chi connectivity index (χ4v) is 1.86. The Labute approximate surface area is 136 Å². The highest BCUT2D eigenvalue weighted by molar-refractivity contribution is 5.70. The Hall–Kier alpha value is -2.28. The summed E-state index contributed by atoms with van der Waals surface area (Å²) in [7, 11) is 0. The molecule has 0 bridgehead atoms. The van der Waals surface area contributed by atoms with Gasteiger partial charge in [-0.2, -0.15) is 0 Å². The van der Waals surface area contributed by atoms with Crippen LogP contribution < -0.4 is 15.8 Å². The summed E-state index contributed by atoms with van der Waals surface area (Å²) >= 11 is 0. The lowest BCUT2D eigenvalue weighted by Gasteiger charge is -2.17. The lowest BCUT2D eigenvalue weighted by atomic mass is 10.1. The zero-order chi connectivity index (χ0) is 17.2. The number of alkyl carbamates (subject to hydrolysis) is 1. The third kappa shape index (κ3) is 7.01. The van der Waals surface area contributed by atoms with Crippen LogP contribution in [-0.2, 0) is 14.3 Å². The zero-order valence-electron chi connectivity index (χ0n) is 13.8. The van der Waals surface area contributed by atoms with E-state index >= 15 is 0 Å². The van der Waals surface area contributed by atoms with Crippen LogP contribution in [0.3, 0.4) is 0 Å². The van der Waals surface area contributed by atoms with Gasteiger partial charge < -0.3 is 25.3 Å². The first kappa shape index (κ1) is 18.8. The van der Waals surface area contributed by atoms with Crippen molar-refractivity contribution < 1.29 is 23.8 Å². The molecule has 0 heterocycles. The first-order valence-electron chi connectivity index (χ1n) is 7.42. The molecule has 1 amide bonds. The summed E-state index contributed by atoms with van der Waals surface area (Å²) in [5.74, 6) is 0.303. The van der Waals surface area contributed by atoms with Crippen molar-refractivity contribution >= 4 is 12.1 Å². The molecule has 0 saturated carbocycles. The van der Waals surface area contributed by atoms with E-state index in [2.05, 4.69) is 10.1 Å². The first-order chi connectivity index (χ1) is 10.9. The smallest absolute Gasteiger partial charge is 0.410 e. The molecule has 0 aromatic heterocycles. The van der Waals surface area contributed by atoms with Gasteiger partial charge in [-0.15, -0.1) is 0 Å². The van der Waals surface area contributed by atoms with Crippen molar-refractivity contribution in [3.05, 3.63) is 29.3 Å². The number of nitrogens with one attached hydrogen (secondary N) is 1. The number of ether oxygens (including phenoxy) is 3. The van der Waals surface area contributed by atoms with Gasteiger partial charge in [-0.3, -0.25) is 4.79 Å². The minimum atomic E-state index is -0.678. The normalized spacial score (nSPS) is 11.5. The molecule has 0 fully saturated rings. The molecule has 0 aliphatic heterocycles. The molecule has 7 heteroatoms. The molecule has 0 radical (unpaired) electrons. The van der Waals surface area contributed by atoms with Gasteiger partial charge in [-0.05, 0) is 31.9 Å². The second kappa shape index (κ2) is 9.68. The molecule has 1 aromatic rings. The van der Waals surface area contributed by atoms with Crippen LogP contribution in [0.5, 0.6) is 5.75 Å². The van der Waals surface area contributed by atoms with Gasteiger partial charge in [0.15, 0.2) is 0 Å². The number of hydrogen-bond acceptors (Lipinski definition) is 6. The minimum Gasteiger partial charge on any atom is -0.491 e. The van der Waals surface area contributed by atoms with Gasteiger partial charge in [0.1, 0.15) is 12.4 Å². The third-order valence-electron chi connectivity index (χ3n) is 3.01. The van der Waals surface area contributed by atoms with Crippen molar-refractivity contribution in [2.45, 2.75) is 33.2 Å². The van der Waals surface area contributed by atoms with E-state index in [1.807, 2.05) is 32.0 Å². The first-order valence-corrected chi connectivity index (χ1v) is 7.42. The Morgan fingerprint density at radius 1 is 1.22 bits per heavy atom. The maximum atomic E-state index is 11.5. The molecule has 0 spiro atoms. The van der Waals surface area contributed by atoms with Crippen molar-refractivity contribution in [1.82, 2.24) is 5.32 Å². The third-order valence-corrected chi connectivity index (χ3v) is 3.01. The van der Waals surface area contributed by atoms with E-state index in [-0.39, 0.29) is 19.0 Å². The Balaban J connectivity index is 2.29. The summed E-state index contributed by atoms with van der Waals surface area (Å²) in [6.07, 6.45) is -0.589. The molecular weight excluding hydrogens is 300 g/mol. The quantitative estimate of drug-likeness (QED) is 0.557. The van der Waals surface area contributed by atoms with E-state index in [4.69, 9.17) is 15.2 Å². The number of hydrogen-bond donors (Lipinski definition) is 2. The minimum absolute atomic E-state index is 0.0883. The number of carbonyl (C=O) groups excluding carboxylic acids is 2. The molecule has 1 atom stereocenters. The number of esters is 1. The highest BCUT2D eigenvalue weighted by Crippen LogP contribution is 2.22. The molecule has 128 valence electrons. The number of rotatable bonds is 8. The lowest BCUT2D eigenvalue weighted by molar-refractivity contribution is -0.151. The summed E-state index contributed by atoms with van der Waals surface area (Å²) in [6, 6.07) is 5.62. The van der Waals surface area contributed by atoms with E-state index in [1.54, 1.807) is 6.92 Å². The summed E-state index contributed by atoms with van der Waals surface area (Å²) in [6.45, 7) is 5.77. The van der Waals surface area contributed by atoms with Crippen LogP contribution in [0.2, 0.25) is 0 Å². The standard InChI is InChI=1S/C16H24N2O5/c1-11-5-4-6-12(2)15(11)21-9-13(3)18-16(20)23-10-22-14(19)7-8-17/h4-6,13H,7-10,17H2,1-3H3,(H,18,20). The maximum absolute atomic E-state index is 11.5. The maximum Gasteiger partial charge on any atom is 0.410 e. The van der Waals surface area contributed by atoms with Gasteiger partial charge in [0.2, 0.25) is 6.79 Å². The number of para-hydroxylation sites is 1. The molecular formula is C16H24N2O5. The fourth-order valence-electron chi connectivity index (χ4n) is 1.86. The number of carbonyl (C=O) groups is 2. The zero-order valence-corrected chi connectivity index (χ0v) is 13.8. The molecule has 1 rings (SSSR count). The summed E-state index contributed by atoms with van der Waals surface area (Å²) in [5.41, 5.74) is 7.26. The van der Waals surface area contributed by atoms with Gasteiger partial charge in [-0.1, -0.05) is 18.2 Å². The number of aryl methyl sites for hydroxylation is 2. The predicted octanol–water partition coefficient (Wildman–Crippen LogP) is 1.65. The largest absolute Gasteiger partial charge is 0.491 e. The Morgan fingerprint density at radius 3 is 2.48 bits per heavy atom. The highest BCUT2D eigenvalue weighted by Gasteiger charge is 2.11. The number of benzene rings is 1. The molecule has 7 nitrogen and oxygen atoms in total. The van der Waals surface area contributed by atoms with Gasteiger partial charge in [-0.25, -0.2) is 4.79 Å². The van der Waals surface area contributed by atoms with Crippen molar-refractivity contribution in [2.75, 3.05) is 19.9 Å². The number of nitrogens with two attached hydrogens (primary N) is 1. The molecule has 0 saturated heterocycles. The van der Waals surface area contributed by atoms with Crippen molar-refractivity contribution in [1.29, 1.82) is 0 Å². The van der Waals surface area contributed by atoms with E-state index in [0.717, 1.165) is 16.9 Å². The Kier molecular flexibility index (Phi) is 7.90. The van der Waals surface area contributed by atoms with Gasteiger partial charge in [0.25, 0.3) is 0 Å². The van der Waals surface area contributed by atoms with E-state index < -0.39 is 18.9 Å². The monoisotopic (exact) mass is 324 g/mol. The summed E-state index contributed by atoms with van der Waals surface area (Å²) in [4.78, 5) is 22.6. The topological polar surface area (TPSA) is 99.9 Å². The van der Waals surface area contributed by atoms with Crippen LogP contribution >= 0.6 is 0 Å².